The van der Waals surface area contributed by atoms with E-state index in [1.54, 1.807) is 12.4 Å². The molecule has 2 heterocycles. The predicted octanol–water partition coefficient (Wildman–Crippen LogP) is 2.10. The highest BCUT2D eigenvalue weighted by Gasteiger charge is 2.06. The number of aromatic nitrogens is 3. The standard InChI is InChI=1S/C12H12N3/c1-3-5-11-8-10(2)14-15(11)12-6-4-7-13-9-12/h3-4,6-7,9H,1,5H2,2H3. The van der Waals surface area contributed by atoms with Gasteiger partial charge in [0.05, 0.1) is 23.3 Å². The Morgan fingerprint density at radius 3 is 3.13 bits per heavy atom. The van der Waals surface area contributed by atoms with Crippen LogP contribution in [-0.4, -0.2) is 14.8 Å². The minimum atomic E-state index is 0.760. The Kier molecular flexibility index (Phi) is 2.63. The molecule has 0 amide bonds. The molecular formula is C12H12N3. The molecule has 0 bridgehead atoms. The summed E-state index contributed by atoms with van der Waals surface area (Å²) in [6.45, 7) is 5.65. The third-order valence-electron chi connectivity index (χ3n) is 2.06. The van der Waals surface area contributed by atoms with Crippen molar-refractivity contribution in [2.24, 2.45) is 0 Å². The van der Waals surface area contributed by atoms with E-state index in [1.165, 1.54) is 0 Å². The van der Waals surface area contributed by atoms with Crippen molar-refractivity contribution in [1.82, 2.24) is 14.8 Å². The molecule has 0 spiro atoms. The molecule has 0 aliphatic rings. The highest BCUT2D eigenvalue weighted by Crippen LogP contribution is 2.11. The summed E-state index contributed by atoms with van der Waals surface area (Å²) in [5.41, 5.74) is 2.85. The zero-order valence-corrected chi connectivity index (χ0v) is 8.64. The first-order valence-electron chi connectivity index (χ1n) is 4.80. The summed E-state index contributed by atoms with van der Waals surface area (Å²) in [4.78, 5) is 4.07. The van der Waals surface area contributed by atoms with Gasteiger partial charge in [0.15, 0.2) is 0 Å². The second kappa shape index (κ2) is 4.09. The summed E-state index contributed by atoms with van der Waals surface area (Å²) in [7, 11) is 0. The zero-order chi connectivity index (χ0) is 10.7. The maximum Gasteiger partial charge on any atom is 0.0832 e. The van der Waals surface area contributed by atoms with Crippen molar-refractivity contribution in [2.45, 2.75) is 13.3 Å². The van der Waals surface area contributed by atoms with Gasteiger partial charge in [-0.3, -0.25) is 4.98 Å². The van der Waals surface area contributed by atoms with Gasteiger partial charge in [0, 0.05) is 18.7 Å². The fourth-order valence-electron chi connectivity index (χ4n) is 1.46. The van der Waals surface area contributed by atoms with Crippen LogP contribution in [0.5, 0.6) is 0 Å². The monoisotopic (exact) mass is 198 g/mol. The van der Waals surface area contributed by atoms with Gasteiger partial charge in [0.25, 0.3) is 0 Å². The van der Waals surface area contributed by atoms with Gasteiger partial charge in [-0.05, 0) is 19.1 Å². The van der Waals surface area contributed by atoms with Gasteiger partial charge in [-0.1, -0.05) is 6.08 Å². The topological polar surface area (TPSA) is 30.7 Å². The fraction of sp³-hybridized carbons (Fsp3) is 0.167. The molecule has 75 valence electrons. The molecule has 15 heavy (non-hydrogen) atoms. The molecule has 0 aliphatic heterocycles. The van der Waals surface area contributed by atoms with Crippen molar-refractivity contribution in [2.75, 3.05) is 0 Å². The number of aryl methyl sites for hydroxylation is 1. The maximum absolute atomic E-state index is 4.37. The Labute approximate surface area is 89.1 Å². The van der Waals surface area contributed by atoms with Gasteiger partial charge >= 0.3 is 0 Å². The molecule has 3 heteroatoms. The first kappa shape index (κ1) is 9.65. The van der Waals surface area contributed by atoms with Crippen LogP contribution in [0.3, 0.4) is 0 Å². The normalized spacial score (nSPS) is 10.2. The second-order valence-corrected chi connectivity index (χ2v) is 3.27. The molecule has 2 rings (SSSR count). The Balaban J connectivity index is 2.47. The van der Waals surface area contributed by atoms with Crippen molar-refractivity contribution in [3.8, 4) is 5.69 Å². The highest BCUT2D eigenvalue weighted by atomic mass is 15.3. The molecule has 0 fully saturated rings. The van der Waals surface area contributed by atoms with E-state index in [4.69, 9.17) is 0 Å². The Bertz CT molecular complexity index is 457. The molecule has 0 saturated heterocycles. The van der Waals surface area contributed by atoms with E-state index in [9.17, 15) is 0 Å². The van der Waals surface area contributed by atoms with E-state index >= 15 is 0 Å². The van der Waals surface area contributed by atoms with Crippen LogP contribution in [0, 0.1) is 13.0 Å². The number of nitrogens with zero attached hydrogens (tertiary/aromatic N) is 3. The van der Waals surface area contributed by atoms with Gasteiger partial charge in [-0.25, -0.2) is 4.68 Å². The van der Waals surface area contributed by atoms with E-state index in [0.29, 0.717) is 0 Å². The summed E-state index contributed by atoms with van der Waals surface area (Å²) in [5.74, 6) is 0. The Morgan fingerprint density at radius 2 is 2.47 bits per heavy atom. The van der Waals surface area contributed by atoms with Crippen LogP contribution in [0.1, 0.15) is 11.4 Å². The van der Waals surface area contributed by atoms with E-state index in [-0.39, 0.29) is 0 Å². The van der Waals surface area contributed by atoms with Crippen molar-refractivity contribution in [1.29, 1.82) is 0 Å². The van der Waals surface area contributed by atoms with E-state index < -0.39 is 0 Å². The molecule has 3 nitrogen and oxygen atoms in total. The van der Waals surface area contributed by atoms with Crippen molar-refractivity contribution in [3.63, 3.8) is 0 Å². The van der Waals surface area contributed by atoms with Crippen LogP contribution < -0.4 is 0 Å². The van der Waals surface area contributed by atoms with Gasteiger partial charge < -0.3 is 0 Å². The number of rotatable bonds is 3. The molecule has 0 aromatic carbocycles. The summed E-state index contributed by atoms with van der Waals surface area (Å²) < 4.78 is 1.85. The third-order valence-corrected chi connectivity index (χ3v) is 2.06. The number of pyridine rings is 1. The first-order valence-corrected chi connectivity index (χ1v) is 4.80. The molecule has 0 unspecified atom stereocenters. The van der Waals surface area contributed by atoms with Crippen LogP contribution in [-0.2, 0) is 6.42 Å². The van der Waals surface area contributed by atoms with E-state index in [0.717, 1.165) is 23.5 Å². The zero-order valence-electron chi connectivity index (χ0n) is 8.64. The average molecular weight is 198 g/mol. The highest BCUT2D eigenvalue weighted by molar-refractivity contribution is 5.30. The minimum absolute atomic E-state index is 0.760. The molecule has 0 saturated carbocycles. The van der Waals surface area contributed by atoms with Crippen molar-refractivity contribution in [3.05, 3.63) is 54.6 Å². The SMILES string of the molecule is C=CCc1[c]c(C)nn1-c1cccnc1. The molecule has 2 aromatic heterocycles. The maximum atomic E-state index is 4.37. The summed E-state index contributed by atoms with van der Waals surface area (Å²) in [6.07, 6.45) is 6.14. The molecule has 0 atom stereocenters. The van der Waals surface area contributed by atoms with Crippen LogP contribution in [0.15, 0.2) is 37.2 Å². The van der Waals surface area contributed by atoms with Gasteiger partial charge in [0.1, 0.15) is 0 Å². The fourth-order valence-corrected chi connectivity index (χ4v) is 1.46. The van der Waals surface area contributed by atoms with Crippen LogP contribution >= 0.6 is 0 Å². The summed E-state index contributed by atoms with van der Waals surface area (Å²) in [5, 5.41) is 4.37. The average Bonchev–Trinajstić information content (AvgIpc) is 2.62. The van der Waals surface area contributed by atoms with E-state index in [2.05, 4.69) is 22.7 Å². The predicted molar refractivity (Wildman–Crippen MR) is 58.8 cm³/mol. The number of hydrogen-bond acceptors (Lipinski definition) is 2. The molecular weight excluding hydrogens is 186 g/mol. The van der Waals surface area contributed by atoms with Crippen LogP contribution in [0.2, 0.25) is 0 Å². The third kappa shape index (κ3) is 1.96. The smallest absolute Gasteiger partial charge is 0.0832 e. The lowest BCUT2D eigenvalue weighted by atomic mass is 10.3. The lowest BCUT2D eigenvalue weighted by Gasteiger charge is -2.03. The summed E-state index contributed by atoms with van der Waals surface area (Å²) >= 11 is 0. The number of hydrogen-bond donors (Lipinski definition) is 0. The first-order chi connectivity index (χ1) is 7.31. The van der Waals surface area contributed by atoms with E-state index in [1.807, 2.05) is 29.8 Å². The lowest BCUT2D eigenvalue weighted by molar-refractivity contribution is 0.813. The van der Waals surface area contributed by atoms with Crippen molar-refractivity contribution >= 4 is 0 Å². The molecule has 0 N–H and O–H groups in total. The molecule has 0 aliphatic carbocycles. The van der Waals surface area contributed by atoms with Gasteiger partial charge in [-0.15, -0.1) is 6.58 Å². The number of allylic oxidation sites excluding steroid dienone is 1. The molecule has 1 radical (unpaired) electrons. The largest absolute Gasteiger partial charge is 0.262 e. The Hall–Kier alpha value is -1.90. The van der Waals surface area contributed by atoms with Gasteiger partial charge in [0.2, 0.25) is 0 Å². The van der Waals surface area contributed by atoms with Crippen LogP contribution in [0.25, 0.3) is 5.69 Å². The second-order valence-electron chi connectivity index (χ2n) is 3.27. The van der Waals surface area contributed by atoms with Gasteiger partial charge in [-0.2, -0.15) is 5.10 Å². The van der Waals surface area contributed by atoms with Crippen LogP contribution in [0.4, 0.5) is 0 Å². The summed E-state index contributed by atoms with van der Waals surface area (Å²) in [6, 6.07) is 7.06. The van der Waals surface area contributed by atoms with Crippen molar-refractivity contribution < 1.29 is 0 Å². The lowest BCUT2D eigenvalue weighted by Crippen LogP contribution is -2.01. The minimum Gasteiger partial charge on any atom is -0.262 e. The Morgan fingerprint density at radius 1 is 1.60 bits per heavy atom. The quantitative estimate of drug-likeness (QED) is 0.707. The molecule has 2 aromatic rings.